The first-order valence-corrected chi connectivity index (χ1v) is 5.50. The van der Waals surface area contributed by atoms with Gasteiger partial charge in [-0.05, 0) is 36.4 Å². The third kappa shape index (κ3) is 2.15. The summed E-state index contributed by atoms with van der Waals surface area (Å²) in [5.74, 6) is 0. The number of anilines is 1. The minimum Gasteiger partial charge on any atom is -0.398 e. The largest absolute Gasteiger partial charge is 0.398 e. The zero-order valence-corrected chi connectivity index (χ0v) is 9.58. The number of nitrogens with two attached hydrogens (primary N) is 1. The molecule has 0 aliphatic rings. The fourth-order valence-electron chi connectivity index (χ4n) is 1.28. The van der Waals surface area contributed by atoms with Crippen molar-refractivity contribution in [2.75, 3.05) is 5.73 Å². The van der Waals surface area contributed by atoms with E-state index in [0.29, 0.717) is 0 Å². The van der Waals surface area contributed by atoms with Gasteiger partial charge in [-0.25, -0.2) is 4.98 Å². The second-order valence-corrected chi connectivity index (χ2v) is 4.47. The Morgan fingerprint density at radius 3 is 2.87 bits per heavy atom. The topological polar surface area (TPSA) is 43.8 Å². The van der Waals surface area contributed by atoms with E-state index in [0.717, 1.165) is 15.7 Å². The highest BCUT2D eigenvalue weighted by Gasteiger charge is 2.05. The summed E-state index contributed by atoms with van der Waals surface area (Å²) in [6.07, 6.45) is 3.71. The Labute approximate surface area is 93.3 Å². The molecule has 0 radical (unpaired) electrons. The van der Waals surface area contributed by atoms with Gasteiger partial charge in [0.2, 0.25) is 0 Å². The van der Waals surface area contributed by atoms with Crippen molar-refractivity contribution in [2.24, 2.45) is 7.05 Å². The van der Waals surface area contributed by atoms with Crippen molar-refractivity contribution < 1.29 is 0 Å². The van der Waals surface area contributed by atoms with E-state index in [1.165, 1.54) is 5.56 Å². The van der Waals surface area contributed by atoms with Crippen LogP contribution in [0.15, 0.2) is 40.6 Å². The zero-order valence-electron chi connectivity index (χ0n) is 8.77. The lowest BCUT2D eigenvalue weighted by Crippen LogP contribution is -1.92. The lowest BCUT2D eigenvalue weighted by Gasteiger charge is -2.05. The predicted octanol–water partition coefficient (Wildman–Crippen LogP) is 2.46. The quantitative estimate of drug-likeness (QED) is 0.789. The van der Waals surface area contributed by atoms with Gasteiger partial charge in [-0.3, -0.25) is 0 Å². The molecule has 0 bridgehead atoms. The molecule has 0 saturated heterocycles. The average molecular weight is 219 g/mol. The highest BCUT2D eigenvalue weighted by atomic mass is 32.2. The lowest BCUT2D eigenvalue weighted by molar-refractivity contribution is 0.790. The number of aromatic nitrogens is 2. The van der Waals surface area contributed by atoms with Crippen molar-refractivity contribution in [3.05, 3.63) is 36.2 Å². The molecule has 0 unspecified atom stereocenters. The molecule has 1 heterocycles. The van der Waals surface area contributed by atoms with Gasteiger partial charge in [0.05, 0.1) is 0 Å². The summed E-state index contributed by atoms with van der Waals surface area (Å²) in [5, 5.41) is 0.951. The molecule has 0 aliphatic heterocycles. The molecule has 0 aliphatic carbocycles. The van der Waals surface area contributed by atoms with Crippen LogP contribution in [0.25, 0.3) is 0 Å². The van der Waals surface area contributed by atoms with E-state index < -0.39 is 0 Å². The molecule has 3 nitrogen and oxygen atoms in total. The molecule has 15 heavy (non-hydrogen) atoms. The molecule has 0 fully saturated rings. The second kappa shape index (κ2) is 3.98. The summed E-state index contributed by atoms with van der Waals surface area (Å²) < 4.78 is 1.98. The van der Waals surface area contributed by atoms with Gasteiger partial charge in [0.25, 0.3) is 0 Å². The summed E-state index contributed by atoms with van der Waals surface area (Å²) >= 11 is 1.59. The van der Waals surface area contributed by atoms with Crippen molar-refractivity contribution in [1.82, 2.24) is 9.55 Å². The monoisotopic (exact) mass is 219 g/mol. The van der Waals surface area contributed by atoms with Crippen LogP contribution in [-0.4, -0.2) is 9.55 Å². The third-order valence-corrected chi connectivity index (χ3v) is 3.30. The van der Waals surface area contributed by atoms with E-state index in [4.69, 9.17) is 5.73 Å². The Balaban J connectivity index is 2.32. The maximum Gasteiger partial charge on any atom is 0.172 e. The van der Waals surface area contributed by atoms with Gasteiger partial charge < -0.3 is 10.3 Å². The first-order valence-electron chi connectivity index (χ1n) is 4.68. The summed E-state index contributed by atoms with van der Waals surface area (Å²) in [6, 6.07) is 6.02. The fourth-order valence-corrected chi connectivity index (χ4v) is 2.22. The number of nitrogen functional groups attached to an aromatic ring is 1. The summed E-state index contributed by atoms with van der Waals surface area (Å²) in [5.41, 5.74) is 7.91. The molecule has 0 atom stereocenters. The number of hydrogen-bond donors (Lipinski definition) is 1. The van der Waals surface area contributed by atoms with Crippen LogP contribution >= 0.6 is 11.8 Å². The van der Waals surface area contributed by atoms with E-state index in [1.54, 1.807) is 18.0 Å². The van der Waals surface area contributed by atoms with Crippen molar-refractivity contribution in [1.29, 1.82) is 0 Å². The van der Waals surface area contributed by atoms with Crippen LogP contribution in [0, 0.1) is 6.92 Å². The highest BCUT2D eigenvalue weighted by molar-refractivity contribution is 7.99. The fraction of sp³-hybridized carbons (Fsp3) is 0.182. The van der Waals surface area contributed by atoms with Gasteiger partial charge in [0.15, 0.2) is 5.16 Å². The van der Waals surface area contributed by atoms with Crippen LogP contribution < -0.4 is 5.73 Å². The first-order chi connectivity index (χ1) is 7.16. The average Bonchev–Trinajstić information content (AvgIpc) is 2.58. The molecule has 4 heteroatoms. The van der Waals surface area contributed by atoms with E-state index in [9.17, 15) is 0 Å². The van der Waals surface area contributed by atoms with Crippen molar-refractivity contribution in [3.8, 4) is 0 Å². The van der Waals surface area contributed by atoms with Crippen molar-refractivity contribution in [3.63, 3.8) is 0 Å². The van der Waals surface area contributed by atoms with Crippen LogP contribution in [0.5, 0.6) is 0 Å². The standard InChI is InChI=1S/C11H13N3S/c1-8-3-4-9(12)10(7-8)15-11-13-5-6-14(11)2/h3-7H,12H2,1-2H3. The Morgan fingerprint density at radius 2 is 2.20 bits per heavy atom. The minimum atomic E-state index is 0.800. The molecular formula is C11H13N3S. The molecule has 0 amide bonds. The molecular weight excluding hydrogens is 206 g/mol. The van der Waals surface area contributed by atoms with E-state index >= 15 is 0 Å². The van der Waals surface area contributed by atoms with E-state index in [2.05, 4.69) is 18.0 Å². The summed E-state index contributed by atoms with van der Waals surface area (Å²) in [4.78, 5) is 5.31. The zero-order chi connectivity index (χ0) is 10.8. The maximum atomic E-state index is 5.90. The molecule has 2 N–H and O–H groups in total. The number of rotatable bonds is 2. The van der Waals surface area contributed by atoms with Crippen molar-refractivity contribution >= 4 is 17.4 Å². The normalized spacial score (nSPS) is 10.5. The van der Waals surface area contributed by atoms with Gasteiger partial charge in [0, 0.05) is 30.0 Å². The number of aryl methyl sites for hydroxylation is 2. The van der Waals surface area contributed by atoms with E-state index in [1.807, 2.05) is 29.9 Å². The van der Waals surface area contributed by atoms with Crippen molar-refractivity contribution in [2.45, 2.75) is 17.0 Å². The number of nitrogens with zero attached hydrogens (tertiary/aromatic N) is 2. The van der Waals surface area contributed by atoms with Crippen LogP contribution in [0.4, 0.5) is 5.69 Å². The molecule has 78 valence electrons. The molecule has 0 spiro atoms. The molecule has 0 saturated carbocycles. The Bertz CT molecular complexity index is 476. The van der Waals surface area contributed by atoms with Gasteiger partial charge >= 0.3 is 0 Å². The lowest BCUT2D eigenvalue weighted by atomic mass is 10.2. The number of imidazole rings is 1. The van der Waals surface area contributed by atoms with E-state index in [-0.39, 0.29) is 0 Å². The SMILES string of the molecule is Cc1ccc(N)c(Sc2nccn2C)c1. The van der Waals surface area contributed by atoms with Gasteiger partial charge in [-0.2, -0.15) is 0 Å². The van der Waals surface area contributed by atoms with Crippen LogP contribution in [0.2, 0.25) is 0 Å². The summed E-state index contributed by atoms with van der Waals surface area (Å²) in [7, 11) is 1.97. The molecule has 1 aromatic carbocycles. The predicted molar refractivity (Wildman–Crippen MR) is 62.9 cm³/mol. The van der Waals surface area contributed by atoms with Crippen LogP contribution in [0.1, 0.15) is 5.56 Å². The first kappa shape index (κ1) is 10.1. The minimum absolute atomic E-state index is 0.800. The van der Waals surface area contributed by atoms with Gasteiger partial charge in [-0.1, -0.05) is 6.07 Å². The second-order valence-electron chi connectivity index (χ2n) is 3.46. The summed E-state index contributed by atoms with van der Waals surface area (Å²) in [6.45, 7) is 2.06. The van der Waals surface area contributed by atoms with Crippen LogP contribution in [0.3, 0.4) is 0 Å². The Morgan fingerprint density at radius 1 is 1.40 bits per heavy atom. The Hall–Kier alpha value is -1.42. The highest BCUT2D eigenvalue weighted by Crippen LogP contribution is 2.31. The molecule has 1 aromatic heterocycles. The number of benzene rings is 1. The smallest absolute Gasteiger partial charge is 0.172 e. The molecule has 2 rings (SSSR count). The van der Waals surface area contributed by atoms with Gasteiger partial charge in [-0.15, -0.1) is 0 Å². The molecule has 2 aromatic rings. The van der Waals surface area contributed by atoms with Crippen LogP contribution in [-0.2, 0) is 7.05 Å². The third-order valence-electron chi connectivity index (χ3n) is 2.15. The van der Waals surface area contributed by atoms with Gasteiger partial charge in [0.1, 0.15) is 0 Å². The Kier molecular flexibility index (Phi) is 2.68. The number of hydrogen-bond acceptors (Lipinski definition) is 3. The maximum absolute atomic E-state index is 5.90.